The summed E-state index contributed by atoms with van der Waals surface area (Å²) >= 11 is 0. The van der Waals surface area contributed by atoms with E-state index in [1.807, 2.05) is 30.3 Å². The van der Waals surface area contributed by atoms with Gasteiger partial charge in [0.25, 0.3) is 0 Å². The van der Waals surface area contributed by atoms with Gasteiger partial charge in [0.05, 0.1) is 6.54 Å². The van der Waals surface area contributed by atoms with E-state index in [0.29, 0.717) is 6.54 Å². The molecule has 0 spiro atoms. The maximum Gasteiger partial charge on any atom is 0.410 e. The summed E-state index contributed by atoms with van der Waals surface area (Å²) in [4.78, 5) is 13.0. The van der Waals surface area contributed by atoms with Gasteiger partial charge in [-0.2, -0.15) is 0 Å². The van der Waals surface area contributed by atoms with Crippen molar-refractivity contribution in [3.05, 3.63) is 48.0 Å². The van der Waals surface area contributed by atoms with Crippen molar-refractivity contribution in [1.82, 2.24) is 4.90 Å². The third-order valence-electron chi connectivity index (χ3n) is 2.53. The average molecular weight is 235 g/mol. The van der Waals surface area contributed by atoms with Gasteiger partial charge >= 0.3 is 6.09 Å². The van der Waals surface area contributed by atoms with Crippen molar-refractivity contribution in [2.24, 2.45) is 0 Å². The summed E-state index contributed by atoms with van der Waals surface area (Å²) in [6.07, 6.45) is 1.53. The van der Waals surface area contributed by atoms with Gasteiger partial charge in [-0.15, -0.1) is 0 Å². The highest BCUT2D eigenvalue weighted by Crippen LogP contribution is 2.09. The van der Waals surface area contributed by atoms with E-state index in [2.05, 4.69) is 0 Å². The number of rotatable bonds is 2. The summed E-state index contributed by atoms with van der Waals surface area (Å²) in [6, 6.07) is 9.41. The minimum Gasteiger partial charge on any atom is -0.445 e. The molecule has 1 atom stereocenters. The molecule has 1 aliphatic rings. The number of ether oxygens (including phenoxy) is 1. The summed E-state index contributed by atoms with van der Waals surface area (Å²) < 4.78 is 18.1. The summed E-state index contributed by atoms with van der Waals surface area (Å²) in [7, 11) is 0. The van der Waals surface area contributed by atoms with Gasteiger partial charge < -0.3 is 9.64 Å². The molecule has 2 rings (SSSR count). The predicted octanol–water partition coefficient (Wildman–Crippen LogP) is 2.53. The topological polar surface area (TPSA) is 29.5 Å². The molecular weight excluding hydrogens is 221 g/mol. The fraction of sp³-hybridized carbons (Fsp3) is 0.308. The van der Waals surface area contributed by atoms with Crippen LogP contribution in [0.15, 0.2) is 42.5 Å². The first-order valence-electron chi connectivity index (χ1n) is 5.52. The first kappa shape index (κ1) is 11.6. The zero-order valence-corrected chi connectivity index (χ0v) is 9.38. The average Bonchev–Trinajstić information content (AvgIpc) is 2.37. The molecular formula is C13H14FNO2. The molecule has 4 heteroatoms. The fourth-order valence-corrected chi connectivity index (χ4v) is 1.64. The largest absolute Gasteiger partial charge is 0.445 e. The molecule has 0 radical (unpaired) electrons. The lowest BCUT2D eigenvalue weighted by Gasteiger charge is -2.24. The van der Waals surface area contributed by atoms with E-state index in [4.69, 9.17) is 4.74 Å². The number of alkyl halides is 1. The molecule has 1 aromatic carbocycles. The van der Waals surface area contributed by atoms with Crippen molar-refractivity contribution in [1.29, 1.82) is 0 Å². The lowest BCUT2D eigenvalue weighted by molar-refractivity contribution is 0.0915. The van der Waals surface area contributed by atoms with Crippen LogP contribution in [0, 0.1) is 0 Å². The number of benzene rings is 1. The Morgan fingerprint density at radius 1 is 1.41 bits per heavy atom. The van der Waals surface area contributed by atoms with Crippen LogP contribution < -0.4 is 0 Å². The Balaban J connectivity index is 1.84. The zero-order chi connectivity index (χ0) is 12.1. The van der Waals surface area contributed by atoms with Gasteiger partial charge in [0.1, 0.15) is 12.8 Å². The minimum absolute atomic E-state index is 0.0735. The quantitative estimate of drug-likeness (QED) is 0.737. The Morgan fingerprint density at radius 2 is 2.18 bits per heavy atom. The number of amides is 1. The van der Waals surface area contributed by atoms with Crippen molar-refractivity contribution < 1.29 is 13.9 Å². The number of carbonyl (C=O) groups is 1. The van der Waals surface area contributed by atoms with Crippen LogP contribution >= 0.6 is 0 Å². The van der Waals surface area contributed by atoms with Gasteiger partial charge in [0, 0.05) is 6.54 Å². The van der Waals surface area contributed by atoms with Crippen molar-refractivity contribution in [2.75, 3.05) is 13.1 Å². The molecule has 90 valence electrons. The zero-order valence-electron chi connectivity index (χ0n) is 9.38. The molecule has 1 amide bonds. The number of hydrogen-bond donors (Lipinski definition) is 0. The summed E-state index contributed by atoms with van der Waals surface area (Å²) in [5, 5.41) is 0. The molecule has 0 bridgehead atoms. The third kappa shape index (κ3) is 3.31. The maximum absolute atomic E-state index is 13.0. The Kier molecular flexibility index (Phi) is 3.75. The predicted molar refractivity (Wildman–Crippen MR) is 62.2 cm³/mol. The number of hydrogen-bond acceptors (Lipinski definition) is 2. The minimum atomic E-state index is -1.09. The van der Waals surface area contributed by atoms with E-state index in [-0.39, 0.29) is 13.2 Å². The van der Waals surface area contributed by atoms with E-state index in [0.717, 1.165) is 5.56 Å². The lowest BCUT2D eigenvalue weighted by Crippen LogP contribution is -2.38. The van der Waals surface area contributed by atoms with Crippen molar-refractivity contribution in [3.63, 3.8) is 0 Å². The molecule has 0 fully saturated rings. The molecule has 0 N–H and O–H groups in total. The molecule has 0 saturated heterocycles. The van der Waals surface area contributed by atoms with E-state index in [1.165, 1.54) is 11.0 Å². The molecule has 0 aromatic heterocycles. The normalized spacial score (nSPS) is 19.1. The third-order valence-corrected chi connectivity index (χ3v) is 2.53. The van der Waals surface area contributed by atoms with Crippen LogP contribution in [0.1, 0.15) is 5.56 Å². The van der Waals surface area contributed by atoms with Crippen LogP contribution in [0.3, 0.4) is 0 Å². The van der Waals surface area contributed by atoms with E-state index in [9.17, 15) is 9.18 Å². The summed E-state index contributed by atoms with van der Waals surface area (Å²) in [5.74, 6) is 0. The first-order chi connectivity index (χ1) is 8.25. The van der Waals surface area contributed by atoms with Crippen LogP contribution in [0.5, 0.6) is 0 Å². The number of nitrogens with zero attached hydrogens (tertiary/aromatic N) is 1. The molecule has 17 heavy (non-hydrogen) atoms. The Morgan fingerprint density at radius 3 is 2.88 bits per heavy atom. The molecule has 1 aromatic rings. The fourth-order valence-electron chi connectivity index (χ4n) is 1.64. The van der Waals surface area contributed by atoms with Crippen LogP contribution in [0.25, 0.3) is 0 Å². The van der Waals surface area contributed by atoms with Gasteiger partial charge in [0.2, 0.25) is 0 Å². The molecule has 0 saturated carbocycles. The smallest absolute Gasteiger partial charge is 0.410 e. The Labute approximate surface area is 99.5 Å². The maximum atomic E-state index is 13.0. The van der Waals surface area contributed by atoms with Crippen molar-refractivity contribution in [2.45, 2.75) is 12.8 Å². The highest BCUT2D eigenvalue weighted by atomic mass is 19.1. The van der Waals surface area contributed by atoms with Gasteiger partial charge in [-0.1, -0.05) is 42.5 Å². The Hall–Kier alpha value is -1.84. The van der Waals surface area contributed by atoms with Gasteiger partial charge in [0.15, 0.2) is 0 Å². The lowest BCUT2D eigenvalue weighted by atomic mass is 10.2. The Bertz CT molecular complexity index is 405. The summed E-state index contributed by atoms with van der Waals surface area (Å²) in [6.45, 7) is 0.703. The number of halogens is 1. The van der Waals surface area contributed by atoms with Crippen LogP contribution in [-0.4, -0.2) is 30.3 Å². The number of carbonyl (C=O) groups excluding carboxylic acids is 1. The standard InChI is InChI=1S/C13H14FNO2/c14-12-7-4-8-15(9-12)13(16)17-10-11-5-2-1-3-6-11/h1-7,12H,8-10H2. The molecule has 1 aliphatic heterocycles. The summed E-state index contributed by atoms with van der Waals surface area (Å²) in [5.41, 5.74) is 0.921. The second-order valence-electron chi connectivity index (χ2n) is 3.89. The van der Waals surface area contributed by atoms with Crippen LogP contribution in [0.4, 0.5) is 9.18 Å². The molecule has 1 heterocycles. The molecule has 0 aliphatic carbocycles. The highest BCUT2D eigenvalue weighted by molar-refractivity contribution is 5.68. The highest BCUT2D eigenvalue weighted by Gasteiger charge is 2.20. The van der Waals surface area contributed by atoms with E-state index in [1.54, 1.807) is 6.08 Å². The van der Waals surface area contributed by atoms with Crippen molar-refractivity contribution in [3.8, 4) is 0 Å². The van der Waals surface area contributed by atoms with Crippen LogP contribution in [0.2, 0.25) is 0 Å². The van der Waals surface area contributed by atoms with E-state index < -0.39 is 12.3 Å². The van der Waals surface area contributed by atoms with Gasteiger partial charge in [-0.25, -0.2) is 9.18 Å². The second-order valence-corrected chi connectivity index (χ2v) is 3.89. The van der Waals surface area contributed by atoms with E-state index >= 15 is 0 Å². The van der Waals surface area contributed by atoms with Gasteiger partial charge in [-0.3, -0.25) is 0 Å². The van der Waals surface area contributed by atoms with Crippen molar-refractivity contribution >= 4 is 6.09 Å². The SMILES string of the molecule is O=C(OCc1ccccc1)N1CC=CC(F)C1. The first-order valence-corrected chi connectivity index (χ1v) is 5.52. The van der Waals surface area contributed by atoms with Gasteiger partial charge in [-0.05, 0) is 5.56 Å². The molecule has 3 nitrogen and oxygen atoms in total. The molecule has 1 unspecified atom stereocenters. The second kappa shape index (κ2) is 5.48. The van der Waals surface area contributed by atoms with Crippen LogP contribution in [-0.2, 0) is 11.3 Å². The monoisotopic (exact) mass is 235 g/mol.